The van der Waals surface area contributed by atoms with Crippen LogP contribution in [0.3, 0.4) is 0 Å². The number of rotatable bonds is 0. The van der Waals surface area contributed by atoms with E-state index in [9.17, 15) is 0 Å². The largest absolute Gasteiger partial charge is 0.489 e. The Balaban J connectivity index is 0.787. The SMILES string of the molecule is Cc1cc2cc(c1)-c1ccc(cc1)OCc1ccc(cc1)N=Nc1ccc(cc1)COc1ccc(cc1)-c1cc(C)cc(c1)-c1ccc(cc1)OCc1ccc(cc1)N=Nc1ccc(cc1)COc1ccc-2cc1. The van der Waals surface area contributed by atoms with E-state index in [1.165, 1.54) is 11.1 Å². The van der Waals surface area contributed by atoms with Crippen molar-refractivity contribution in [2.24, 2.45) is 20.5 Å². The summed E-state index contributed by atoms with van der Waals surface area (Å²) < 4.78 is 24.7. The zero-order chi connectivity index (χ0) is 50.1. The first kappa shape index (κ1) is 47.0. The maximum Gasteiger partial charge on any atom is 0.119 e. The third kappa shape index (κ3) is 12.0. The van der Waals surface area contributed by atoms with Crippen LogP contribution in [0.15, 0.2) is 251 Å². The Hall–Kier alpha value is -9.40. The molecule has 0 unspecified atom stereocenters. The van der Waals surface area contributed by atoms with E-state index in [1.807, 2.05) is 146 Å². The Bertz CT molecular complexity index is 3090. The molecule has 8 nitrogen and oxygen atoms in total. The summed E-state index contributed by atoms with van der Waals surface area (Å²) in [5.74, 6) is 3.21. The molecule has 10 aromatic rings. The fraction of sp³-hybridized carbons (Fsp3) is 0.0909. The van der Waals surface area contributed by atoms with Crippen molar-refractivity contribution in [3.63, 3.8) is 0 Å². The molecule has 13 aliphatic rings. The predicted octanol–water partition coefficient (Wildman–Crippen LogP) is 18.4. The van der Waals surface area contributed by atoms with Gasteiger partial charge in [0.05, 0.1) is 22.7 Å². The number of hydrogen-bond acceptors (Lipinski definition) is 8. The second-order valence-corrected chi connectivity index (χ2v) is 18.5. The van der Waals surface area contributed by atoms with Crippen LogP contribution < -0.4 is 18.9 Å². The highest BCUT2D eigenvalue weighted by molar-refractivity contribution is 5.76. The summed E-state index contributed by atoms with van der Waals surface area (Å²) in [6.07, 6.45) is 0. The average Bonchev–Trinajstić information content (AvgIpc) is 3.45. The normalized spacial score (nSPS) is 12.6. The molecule has 8 heteroatoms. The third-order valence-corrected chi connectivity index (χ3v) is 12.8. The topological polar surface area (TPSA) is 86.4 Å². The highest BCUT2D eigenvalue weighted by Crippen LogP contribution is 2.33. The van der Waals surface area contributed by atoms with Gasteiger partial charge < -0.3 is 18.9 Å². The lowest BCUT2D eigenvalue weighted by atomic mass is 9.96. The summed E-state index contributed by atoms with van der Waals surface area (Å²) in [5, 5.41) is 17.9. The highest BCUT2D eigenvalue weighted by Gasteiger charge is 2.09. The molecular formula is C66H52N4O4. The third-order valence-electron chi connectivity index (χ3n) is 12.8. The highest BCUT2D eigenvalue weighted by atomic mass is 16.5. The van der Waals surface area contributed by atoms with Crippen molar-refractivity contribution in [1.82, 2.24) is 0 Å². The fourth-order valence-corrected chi connectivity index (χ4v) is 8.74. The molecule has 0 N–H and O–H groups in total. The molecule has 0 aliphatic carbocycles. The Morgan fingerprint density at radius 2 is 0.432 bits per heavy atom. The summed E-state index contributed by atoms with van der Waals surface area (Å²) in [6, 6.07) is 78.2. The van der Waals surface area contributed by atoms with Crippen molar-refractivity contribution in [2.75, 3.05) is 0 Å². The molecule has 74 heavy (non-hydrogen) atoms. The lowest BCUT2D eigenvalue weighted by Crippen LogP contribution is -1.95. The van der Waals surface area contributed by atoms with E-state index < -0.39 is 0 Å². The zero-order valence-corrected chi connectivity index (χ0v) is 41.2. The van der Waals surface area contributed by atoms with Gasteiger partial charge in [0.2, 0.25) is 0 Å². The lowest BCUT2D eigenvalue weighted by Gasteiger charge is -2.11. The molecular weight excluding hydrogens is 913 g/mol. The van der Waals surface area contributed by atoms with E-state index in [0.29, 0.717) is 26.4 Å². The van der Waals surface area contributed by atoms with Crippen LogP contribution in [0.5, 0.6) is 23.0 Å². The molecule has 0 saturated heterocycles. The Labute approximate surface area is 431 Å². The molecule has 0 aromatic heterocycles. The number of aryl methyl sites for hydroxylation is 2. The van der Waals surface area contributed by atoms with Gasteiger partial charge in [0, 0.05) is 0 Å². The lowest BCUT2D eigenvalue weighted by molar-refractivity contribution is 0.306. The first-order valence-corrected chi connectivity index (χ1v) is 24.7. The summed E-state index contributed by atoms with van der Waals surface area (Å²) in [4.78, 5) is 0. The minimum Gasteiger partial charge on any atom is -0.489 e. The molecule has 0 radical (unpaired) electrons. The molecule has 0 spiro atoms. The summed E-state index contributed by atoms with van der Waals surface area (Å²) in [7, 11) is 0. The van der Waals surface area contributed by atoms with Gasteiger partial charge in [-0.1, -0.05) is 121 Å². The van der Waals surface area contributed by atoms with E-state index in [-0.39, 0.29) is 0 Å². The fourth-order valence-electron chi connectivity index (χ4n) is 8.74. The van der Waals surface area contributed by atoms with Gasteiger partial charge in [-0.2, -0.15) is 20.5 Å². The molecule has 20 bridgehead atoms. The van der Waals surface area contributed by atoms with Crippen molar-refractivity contribution in [3.8, 4) is 67.5 Å². The van der Waals surface area contributed by atoms with E-state index >= 15 is 0 Å². The number of benzene rings is 10. The monoisotopic (exact) mass is 964 g/mol. The summed E-state index contributed by atoms with van der Waals surface area (Å²) >= 11 is 0. The molecule has 13 heterocycles. The van der Waals surface area contributed by atoms with Crippen LogP contribution >= 0.6 is 0 Å². The van der Waals surface area contributed by atoms with Gasteiger partial charge >= 0.3 is 0 Å². The Morgan fingerprint density at radius 1 is 0.230 bits per heavy atom. The van der Waals surface area contributed by atoms with Gasteiger partial charge in [-0.25, -0.2) is 0 Å². The minimum atomic E-state index is 0.438. The molecule has 0 fully saturated rings. The van der Waals surface area contributed by atoms with Crippen LogP contribution in [0.4, 0.5) is 22.7 Å². The van der Waals surface area contributed by atoms with Gasteiger partial charge in [-0.05, 0) is 201 Å². The number of ether oxygens (including phenoxy) is 4. The minimum absolute atomic E-state index is 0.438. The molecule has 360 valence electrons. The zero-order valence-electron chi connectivity index (χ0n) is 41.2. The van der Waals surface area contributed by atoms with Crippen LogP contribution in [-0.2, 0) is 26.4 Å². The maximum absolute atomic E-state index is 6.18. The van der Waals surface area contributed by atoms with E-state index in [0.717, 1.165) is 113 Å². The van der Waals surface area contributed by atoms with Crippen molar-refractivity contribution >= 4 is 22.7 Å². The van der Waals surface area contributed by atoms with Crippen molar-refractivity contribution in [2.45, 2.75) is 40.3 Å². The standard InChI is InChI=1S/C66H52N4O4/c1-45-35-55-39-56(36-45)52-13-29-64(30-14-52)72-42-48-5-21-60(22-6-48)68-70-62-25-9-50(10-26-62)44-74-66-33-17-54(18-34-66)58-38-46(2)37-57(40-58)53-15-31-65(32-16-53)73-43-49-7-23-61(24-8-49)69-67-59-19-3-47(4-20-59)41-71-63-27-11-51(55)12-28-63/h3-40H,41-44H2,1-2H3. The van der Waals surface area contributed by atoms with Crippen molar-refractivity contribution in [3.05, 3.63) is 264 Å². The molecule has 0 amide bonds. The van der Waals surface area contributed by atoms with Gasteiger partial charge in [0.15, 0.2) is 0 Å². The molecule has 10 aromatic carbocycles. The van der Waals surface area contributed by atoms with Crippen molar-refractivity contribution in [1.29, 1.82) is 0 Å². The number of nitrogens with zero attached hydrogens (tertiary/aromatic N) is 4. The number of azo groups is 2. The Morgan fingerprint density at radius 3 is 0.635 bits per heavy atom. The van der Waals surface area contributed by atoms with Crippen LogP contribution in [0, 0.1) is 13.8 Å². The second kappa shape index (κ2) is 21.9. The average molecular weight is 965 g/mol. The summed E-state index contributed by atoms with van der Waals surface area (Å²) in [5.41, 5.74) is 18.6. The van der Waals surface area contributed by atoms with Gasteiger partial charge in [-0.15, -0.1) is 0 Å². The van der Waals surface area contributed by atoms with Gasteiger partial charge in [0.1, 0.15) is 49.4 Å². The van der Waals surface area contributed by atoms with Crippen molar-refractivity contribution < 1.29 is 18.9 Å². The molecule has 13 aliphatic heterocycles. The van der Waals surface area contributed by atoms with Gasteiger partial charge in [-0.3, -0.25) is 0 Å². The summed E-state index contributed by atoms with van der Waals surface area (Å²) in [6.45, 7) is 6.01. The molecule has 0 saturated carbocycles. The van der Waals surface area contributed by atoms with Crippen LogP contribution in [-0.4, -0.2) is 0 Å². The van der Waals surface area contributed by atoms with Crippen LogP contribution in [0.2, 0.25) is 0 Å². The van der Waals surface area contributed by atoms with Crippen LogP contribution in [0.1, 0.15) is 33.4 Å². The quantitative estimate of drug-likeness (QED) is 0.151. The van der Waals surface area contributed by atoms with E-state index in [2.05, 4.69) is 119 Å². The first-order chi connectivity index (χ1) is 36.3. The van der Waals surface area contributed by atoms with Crippen LogP contribution in [0.25, 0.3) is 44.5 Å². The van der Waals surface area contributed by atoms with E-state index in [4.69, 9.17) is 18.9 Å². The van der Waals surface area contributed by atoms with E-state index in [1.54, 1.807) is 0 Å². The maximum atomic E-state index is 6.18. The second-order valence-electron chi connectivity index (χ2n) is 18.5. The Kier molecular flexibility index (Phi) is 13.9. The molecule has 0 atom stereocenters. The molecule has 23 rings (SSSR count). The predicted molar refractivity (Wildman–Crippen MR) is 296 cm³/mol. The van der Waals surface area contributed by atoms with Gasteiger partial charge in [0.25, 0.3) is 0 Å². The first-order valence-electron chi connectivity index (χ1n) is 24.7. The number of hydrogen-bond donors (Lipinski definition) is 0. The smallest absolute Gasteiger partial charge is 0.119 e.